The zero-order chi connectivity index (χ0) is 14.7. The largest absolute Gasteiger partial charge is 0.497 e. The van der Waals surface area contributed by atoms with Crippen LogP contribution in [0.25, 0.3) is 0 Å². The van der Waals surface area contributed by atoms with Crippen molar-refractivity contribution in [3.63, 3.8) is 0 Å². The van der Waals surface area contributed by atoms with Crippen molar-refractivity contribution < 1.29 is 9.53 Å². The number of fused-ring (bicyclic) bond motifs is 1. The summed E-state index contributed by atoms with van der Waals surface area (Å²) in [5.74, 6) is 0.760. The highest BCUT2D eigenvalue weighted by atomic mass is 16.5. The number of hydrogen-bond acceptors (Lipinski definition) is 3. The minimum Gasteiger partial charge on any atom is -0.497 e. The third-order valence-corrected chi connectivity index (χ3v) is 4.02. The molecule has 0 radical (unpaired) electrons. The van der Waals surface area contributed by atoms with Crippen molar-refractivity contribution in [1.82, 2.24) is 5.32 Å². The first kappa shape index (κ1) is 14.9. The Morgan fingerprint density at radius 1 is 1.45 bits per heavy atom. The van der Waals surface area contributed by atoms with Crippen molar-refractivity contribution in [1.29, 1.82) is 0 Å². The van der Waals surface area contributed by atoms with Crippen LogP contribution in [0, 0.1) is 5.92 Å². The molecule has 20 heavy (non-hydrogen) atoms. The first-order chi connectivity index (χ1) is 9.52. The summed E-state index contributed by atoms with van der Waals surface area (Å²) in [7, 11) is 1.67. The molecule has 2 atom stereocenters. The topological polar surface area (TPSA) is 64.3 Å². The van der Waals surface area contributed by atoms with E-state index in [0.717, 1.165) is 25.0 Å². The molecule has 1 aromatic carbocycles. The molecular weight excluding hydrogens is 252 g/mol. The molecule has 110 valence electrons. The number of benzene rings is 1. The van der Waals surface area contributed by atoms with Crippen LogP contribution in [0.5, 0.6) is 5.75 Å². The Morgan fingerprint density at radius 2 is 2.20 bits per heavy atom. The molecule has 0 saturated carbocycles. The van der Waals surface area contributed by atoms with Crippen LogP contribution in [0.2, 0.25) is 0 Å². The Morgan fingerprint density at radius 3 is 2.80 bits per heavy atom. The minimum absolute atomic E-state index is 0.175. The van der Waals surface area contributed by atoms with Gasteiger partial charge < -0.3 is 10.5 Å². The van der Waals surface area contributed by atoms with Gasteiger partial charge in [0.1, 0.15) is 5.75 Å². The molecule has 3 N–H and O–H groups in total. The van der Waals surface area contributed by atoms with Gasteiger partial charge in [-0.05, 0) is 48.4 Å². The highest BCUT2D eigenvalue weighted by Gasteiger charge is 2.27. The Kier molecular flexibility index (Phi) is 4.65. The van der Waals surface area contributed by atoms with Gasteiger partial charge in [0.15, 0.2) is 0 Å². The third kappa shape index (κ3) is 3.12. The van der Waals surface area contributed by atoms with Crippen LogP contribution < -0.4 is 15.8 Å². The van der Waals surface area contributed by atoms with E-state index < -0.39 is 0 Å². The second kappa shape index (κ2) is 6.27. The number of nitrogens with one attached hydrogen (secondary N) is 1. The van der Waals surface area contributed by atoms with Crippen LogP contribution in [0.4, 0.5) is 0 Å². The van der Waals surface area contributed by atoms with E-state index in [2.05, 4.69) is 17.4 Å². The van der Waals surface area contributed by atoms with Crippen molar-refractivity contribution in [3.05, 3.63) is 29.3 Å². The maximum absolute atomic E-state index is 11.6. The van der Waals surface area contributed by atoms with Crippen molar-refractivity contribution in [2.75, 3.05) is 7.11 Å². The average Bonchev–Trinajstić information content (AvgIpc) is 2.43. The smallest absolute Gasteiger partial charge is 0.234 e. The molecule has 0 spiro atoms. The SMILES string of the molecule is COc1ccc2c(c1)C(NC(C(N)=O)C(C)C)CCC2. The molecule has 0 aromatic heterocycles. The fourth-order valence-corrected chi connectivity index (χ4v) is 2.90. The van der Waals surface area contributed by atoms with E-state index in [1.807, 2.05) is 19.9 Å². The number of nitrogens with two attached hydrogens (primary N) is 1. The summed E-state index contributed by atoms with van der Waals surface area (Å²) in [5.41, 5.74) is 8.08. The van der Waals surface area contributed by atoms with Crippen LogP contribution in [0.15, 0.2) is 18.2 Å². The summed E-state index contributed by atoms with van der Waals surface area (Å²) in [5, 5.41) is 3.43. The monoisotopic (exact) mass is 276 g/mol. The standard InChI is InChI=1S/C16H24N2O2/c1-10(2)15(16(17)19)18-14-6-4-5-11-7-8-12(20-3)9-13(11)14/h7-10,14-15,18H,4-6H2,1-3H3,(H2,17,19). The molecule has 2 rings (SSSR count). The molecule has 4 heteroatoms. The molecule has 0 saturated heterocycles. The highest BCUT2D eigenvalue weighted by molar-refractivity contribution is 5.80. The lowest BCUT2D eigenvalue weighted by atomic mass is 9.86. The number of rotatable bonds is 5. The predicted molar refractivity (Wildman–Crippen MR) is 79.6 cm³/mol. The Hall–Kier alpha value is -1.55. The predicted octanol–water partition coefficient (Wildman–Crippen LogP) is 2.17. The lowest BCUT2D eigenvalue weighted by Crippen LogP contribution is -2.47. The fraction of sp³-hybridized carbons (Fsp3) is 0.562. The number of hydrogen-bond donors (Lipinski definition) is 2. The van der Waals surface area contributed by atoms with Gasteiger partial charge in [-0.15, -0.1) is 0 Å². The number of carbonyl (C=O) groups is 1. The van der Waals surface area contributed by atoms with Gasteiger partial charge in [-0.2, -0.15) is 0 Å². The number of primary amides is 1. The molecule has 1 aromatic rings. The Balaban J connectivity index is 2.25. The van der Waals surface area contributed by atoms with E-state index in [-0.39, 0.29) is 23.9 Å². The lowest BCUT2D eigenvalue weighted by Gasteiger charge is -2.31. The van der Waals surface area contributed by atoms with Crippen LogP contribution >= 0.6 is 0 Å². The molecule has 1 aliphatic carbocycles. The quantitative estimate of drug-likeness (QED) is 0.866. The molecule has 1 amide bonds. The van der Waals surface area contributed by atoms with Crippen molar-refractivity contribution >= 4 is 5.91 Å². The minimum atomic E-state index is -0.294. The Bertz CT molecular complexity index is 485. The number of ether oxygens (including phenoxy) is 1. The van der Waals surface area contributed by atoms with Crippen LogP contribution in [0.3, 0.4) is 0 Å². The first-order valence-electron chi connectivity index (χ1n) is 7.25. The van der Waals surface area contributed by atoms with Gasteiger partial charge in [-0.3, -0.25) is 10.1 Å². The summed E-state index contributed by atoms with van der Waals surface area (Å²) in [6, 6.07) is 6.07. The third-order valence-electron chi connectivity index (χ3n) is 4.02. The molecule has 0 heterocycles. The van der Waals surface area contributed by atoms with Gasteiger partial charge in [0.2, 0.25) is 5.91 Å². The molecule has 1 aliphatic rings. The van der Waals surface area contributed by atoms with Crippen LogP contribution in [-0.2, 0) is 11.2 Å². The molecule has 4 nitrogen and oxygen atoms in total. The van der Waals surface area contributed by atoms with Crippen LogP contribution in [-0.4, -0.2) is 19.1 Å². The summed E-state index contributed by atoms with van der Waals surface area (Å²) in [6.07, 6.45) is 3.23. The van der Waals surface area contributed by atoms with Gasteiger partial charge in [0.25, 0.3) is 0 Å². The maximum Gasteiger partial charge on any atom is 0.234 e. The van der Waals surface area contributed by atoms with E-state index in [9.17, 15) is 4.79 Å². The summed E-state index contributed by atoms with van der Waals surface area (Å²) < 4.78 is 5.31. The van der Waals surface area contributed by atoms with E-state index in [4.69, 9.17) is 10.5 Å². The van der Waals surface area contributed by atoms with Gasteiger partial charge in [-0.1, -0.05) is 19.9 Å². The van der Waals surface area contributed by atoms with Gasteiger partial charge >= 0.3 is 0 Å². The lowest BCUT2D eigenvalue weighted by molar-refractivity contribution is -0.121. The number of amides is 1. The average molecular weight is 276 g/mol. The molecule has 0 aliphatic heterocycles. The number of methoxy groups -OCH3 is 1. The molecular formula is C16H24N2O2. The second-order valence-corrected chi connectivity index (χ2v) is 5.80. The molecule has 0 bridgehead atoms. The molecule has 2 unspecified atom stereocenters. The maximum atomic E-state index is 11.6. The van der Waals surface area contributed by atoms with E-state index in [1.54, 1.807) is 7.11 Å². The zero-order valence-corrected chi connectivity index (χ0v) is 12.5. The van der Waals surface area contributed by atoms with Gasteiger partial charge in [0.05, 0.1) is 13.2 Å². The summed E-state index contributed by atoms with van der Waals surface area (Å²) >= 11 is 0. The zero-order valence-electron chi connectivity index (χ0n) is 12.5. The van der Waals surface area contributed by atoms with Crippen molar-refractivity contribution in [2.24, 2.45) is 11.7 Å². The number of aryl methyl sites for hydroxylation is 1. The number of carbonyl (C=O) groups excluding carboxylic acids is 1. The van der Waals surface area contributed by atoms with Gasteiger partial charge in [0, 0.05) is 6.04 Å². The summed E-state index contributed by atoms with van der Waals surface area (Å²) in [4.78, 5) is 11.6. The van der Waals surface area contributed by atoms with E-state index >= 15 is 0 Å². The highest BCUT2D eigenvalue weighted by Crippen LogP contribution is 2.33. The summed E-state index contributed by atoms with van der Waals surface area (Å²) in [6.45, 7) is 4.02. The van der Waals surface area contributed by atoms with Crippen LogP contribution in [0.1, 0.15) is 43.9 Å². The van der Waals surface area contributed by atoms with E-state index in [1.165, 1.54) is 11.1 Å². The van der Waals surface area contributed by atoms with E-state index in [0.29, 0.717) is 0 Å². The van der Waals surface area contributed by atoms with Crippen molar-refractivity contribution in [3.8, 4) is 5.75 Å². The normalized spacial score (nSPS) is 19.5. The fourth-order valence-electron chi connectivity index (χ4n) is 2.90. The second-order valence-electron chi connectivity index (χ2n) is 5.80. The van der Waals surface area contributed by atoms with Gasteiger partial charge in [-0.25, -0.2) is 0 Å². The Labute approximate surface area is 120 Å². The first-order valence-corrected chi connectivity index (χ1v) is 7.25. The van der Waals surface area contributed by atoms with Crippen molar-refractivity contribution in [2.45, 2.75) is 45.2 Å². The molecule has 0 fully saturated rings.